The van der Waals surface area contributed by atoms with E-state index in [0.717, 1.165) is 11.1 Å². The van der Waals surface area contributed by atoms with Crippen LogP contribution in [0.5, 0.6) is 5.75 Å². The van der Waals surface area contributed by atoms with Gasteiger partial charge in [0.1, 0.15) is 36.3 Å². The molecule has 0 aromatic heterocycles. The van der Waals surface area contributed by atoms with Crippen LogP contribution in [0.2, 0.25) is 0 Å². The van der Waals surface area contributed by atoms with Gasteiger partial charge in [0.05, 0.1) is 0 Å². The summed E-state index contributed by atoms with van der Waals surface area (Å²) in [6, 6.07) is 13.9. The zero-order valence-corrected chi connectivity index (χ0v) is 16.1. The molecule has 3 rings (SSSR count). The number of hydrogen-bond donors (Lipinski definition) is 4. The first-order valence-electron chi connectivity index (χ1n) is 9.17. The van der Waals surface area contributed by atoms with Crippen molar-refractivity contribution in [2.75, 3.05) is 13.7 Å². The molecule has 0 spiro atoms. The number of alkyl halides is 1. The highest BCUT2D eigenvalue weighted by molar-refractivity contribution is 5.95. The predicted octanol–water partition coefficient (Wildman–Crippen LogP) is 1.26. The van der Waals surface area contributed by atoms with E-state index in [0.29, 0.717) is 11.3 Å². The van der Waals surface area contributed by atoms with Gasteiger partial charge in [-0.2, -0.15) is 0 Å². The molecule has 4 N–H and O–H groups in total. The van der Waals surface area contributed by atoms with Gasteiger partial charge in [-0.3, -0.25) is 4.79 Å². The third kappa shape index (κ3) is 4.25. The van der Waals surface area contributed by atoms with E-state index in [1.807, 2.05) is 6.07 Å². The summed E-state index contributed by atoms with van der Waals surface area (Å²) >= 11 is 0. The van der Waals surface area contributed by atoms with Crippen LogP contribution in [-0.4, -0.2) is 65.2 Å². The number of hydrogen-bond acceptors (Lipinski definition) is 6. The van der Waals surface area contributed by atoms with Crippen molar-refractivity contribution in [3.05, 3.63) is 54.1 Å². The van der Waals surface area contributed by atoms with Crippen molar-refractivity contribution >= 4 is 5.91 Å². The molecule has 0 aliphatic carbocycles. The number of aliphatic hydroxyl groups excluding tert-OH is 2. The number of nitrogens with one attached hydrogen (secondary N) is 1. The van der Waals surface area contributed by atoms with Crippen LogP contribution in [0, 0.1) is 0 Å². The Morgan fingerprint density at radius 1 is 1.21 bits per heavy atom. The maximum atomic E-state index is 13.2. The number of rotatable bonds is 5. The minimum Gasteiger partial charge on any atom is -0.462 e. The SMILES string of the molecule is CNC(=O)c1cccc(-c2ccc(OC3OC(CF)C(C)(O)C(O)C3O)cc2)c1. The van der Waals surface area contributed by atoms with Gasteiger partial charge in [0.15, 0.2) is 0 Å². The standard InChI is InChI=1S/C21H24FNO6/c1-21(27)16(11-22)29-20(17(24)18(21)25)28-15-8-6-12(7-9-15)13-4-3-5-14(10-13)19(26)23-2/h3-10,16-18,20,24-25,27H,11H2,1-2H3,(H,23,26). The lowest BCUT2D eigenvalue weighted by atomic mass is 9.86. The fraction of sp³-hybridized carbons (Fsp3) is 0.381. The fourth-order valence-corrected chi connectivity index (χ4v) is 3.20. The van der Waals surface area contributed by atoms with E-state index in [9.17, 15) is 24.5 Å². The van der Waals surface area contributed by atoms with Gasteiger partial charge < -0.3 is 30.1 Å². The van der Waals surface area contributed by atoms with E-state index in [4.69, 9.17) is 9.47 Å². The van der Waals surface area contributed by atoms with Crippen molar-refractivity contribution in [2.45, 2.75) is 37.1 Å². The van der Waals surface area contributed by atoms with Gasteiger partial charge in [0.2, 0.25) is 6.29 Å². The molecule has 0 saturated carbocycles. The fourth-order valence-electron chi connectivity index (χ4n) is 3.20. The largest absolute Gasteiger partial charge is 0.462 e. The zero-order chi connectivity index (χ0) is 21.2. The van der Waals surface area contributed by atoms with E-state index in [2.05, 4.69) is 5.32 Å². The predicted molar refractivity (Wildman–Crippen MR) is 103 cm³/mol. The van der Waals surface area contributed by atoms with Crippen LogP contribution < -0.4 is 10.1 Å². The first-order chi connectivity index (χ1) is 13.8. The summed E-state index contributed by atoms with van der Waals surface area (Å²) in [5, 5.41) is 33.0. The average Bonchev–Trinajstić information content (AvgIpc) is 2.74. The summed E-state index contributed by atoms with van der Waals surface area (Å²) in [5.74, 6) is 0.138. The molecule has 5 atom stereocenters. The van der Waals surface area contributed by atoms with Crippen LogP contribution in [0.1, 0.15) is 17.3 Å². The van der Waals surface area contributed by atoms with Gasteiger partial charge in [-0.05, 0) is 42.3 Å². The molecule has 1 amide bonds. The molecule has 1 aliphatic heterocycles. The second-order valence-electron chi connectivity index (χ2n) is 7.11. The van der Waals surface area contributed by atoms with Crippen LogP contribution in [0.4, 0.5) is 4.39 Å². The van der Waals surface area contributed by atoms with E-state index in [1.165, 1.54) is 6.92 Å². The second-order valence-corrected chi connectivity index (χ2v) is 7.11. The lowest BCUT2D eigenvalue weighted by molar-refractivity contribution is -0.305. The first-order valence-corrected chi connectivity index (χ1v) is 9.17. The first kappa shape index (κ1) is 21.2. The van der Waals surface area contributed by atoms with E-state index in [1.54, 1.807) is 49.5 Å². The summed E-state index contributed by atoms with van der Waals surface area (Å²) < 4.78 is 24.0. The van der Waals surface area contributed by atoms with Crippen molar-refractivity contribution in [1.29, 1.82) is 0 Å². The molecule has 8 heteroatoms. The van der Waals surface area contributed by atoms with Gasteiger partial charge >= 0.3 is 0 Å². The monoisotopic (exact) mass is 405 g/mol. The van der Waals surface area contributed by atoms with Crippen LogP contribution in [0.15, 0.2) is 48.5 Å². The molecule has 2 aromatic carbocycles. The minimum atomic E-state index is -1.94. The third-order valence-electron chi connectivity index (χ3n) is 5.08. The molecule has 2 aromatic rings. The van der Waals surface area contributed by atoms with Gasteiger partial charge in [-0.25, -0.2) is 4.39 Å². The summed E-state index contributed by atoms with van der Waals surface area (Å²) in [7, 11) is 1.56. The summed E-state index contributed by atoms with van der Waals surface area (Å²) in [6.45, 7) is 0.153. The Hall–Kier alpha value is -2.52. The Bertz CT molecular complexity index is 853. The Labute approximate surface area is 167 Å². The summed E-state index contributed by atoms with van der Waals surface area (Å²) in [5.41, 5.74) is 0.254. The molecular formula is C21H24FNO6. The molecule has 1 heterocycles. The van der Waals surface area contributed by atoms with Crippen LogP contribution in [-0.2, 0) is 4.74 Å². The summed E-state index contributed by atoms with van der Waals surface area (Å²) in [4.78, 5) is 11.8. The van der Waals surface area contributed by atoms with Crippen molar-refractivity contribution in [3.8, 4) is 16.9 Å². The highest BCUT2D eigenvalue weighted by atomic mass is 19.1. The van der Waals surface area contributed by atoms with Gasteiger partial charge in [-0.15, -0.1) is 0 Å². The number of amides is 1. The quantitative estimate of drug-likeness (QED) is 0.597. The summed E-state index contributed by atoms with van der Waals surface area (Å²) in [6.07, 6.45) is -5.86. The number of halogens is 1. The maximum absolute atomic E-state index is 13.2. The number of carbonyl (C=O) groups excluding carboxylic acids is 1. The normalized spacial score (nSPS) is 29.3. The van der Waals surface area contributed by atoms with Gasteiger partial charge in [0.25, 0.3) is 5.91 Å². The number of benzene rings is 2. The average molecular weight is 405 g/mol. The lowest BCUT2D eigenvalue weighted by Crippen LogP contribution is -2.66. The van der Waals surface area contributed by atoms with Crippen molar-refractivity contribution < 1.29 is 34.0 Å². The molecule has 0 radical (unpaired) electrons. The van der Waals surface area contributed by atoms with E-state index in [-0.39, 0.29) is 5.91 Å². The van der Waals surface area contributed by atoms with Crippen LogP contribution in [0.3, 0.4) is 0 Å². The number of aliphatic hydroxyl groups is 3. The van der Waals surface area contributed by atoms with Gasteiger partial charge in [-0.1, -0.05) is 24.3 Å². The van der Waals surface area contributed by atoms with Crippen LogP contribution in [0.25, 0.3) is 11.1 Å². The molecule has 7 nitrogen and oxygen atoms in total. The number of ether oxygens (including phenoxy) is 2. The van der Waals surface area contributed by atoms with E-state index < -0.39 is 36.9 Å². The third-order valence-corrected chi connectivity index (χ3v) is 5.08. The Balaban J connectivity index is 1.75. The molecule has 5 unspecified atom stereocenters. The molecule has 0 bridgehead atoms. The lowest BCUT2D eigenvalue weighted by Gasteiger charge is -2.45. The Kier molecular flexibility index (Phi) is 6.18. The van der Waals surface area contributed by atoms with Crippen LogP contribution >= 0.6 is 0 Å². The molecule has 1 aliphatic rings. The molecule has 156 valence electrons. The maximum Gasteiger partial charge on any atom is 0.251 e. The van der Waals surface area contributed by atoms with E-state index >= 15 is 0 Å². The number of carbonyl (C=O) groups is 1. The molecule has 1 saturated heterocycles. The van der Waals surface area contributed by atoms with Crippen molar-refractivity contribution in [3.63, 3.8) is 0 Å². The highest BCUT2D eigenvalue weighted by Gasteiger charge is 2.52. The Morgan fingerprint density at radius 2 is 1.90 bits per heavy atom. The Morgan fingerprint density at radius 3 is 2.52 bits per heavy atom. The smallest absolute Gasteiger partial charge is 0.251 e. The zero-order valence-electron chi connectivity index (χ0n) is 16.1. The van der Waals surface area contributed by atoms with Crippen molar-refractivity contribution in [2.24, 2.45) is 0 Å². The highest BCUT2D eigenvalue weighted by Crippen LogP contribution is 2.32. The topological polar surface area (TPSA) is 108 Å². The molecule has 1 fully saturated rings. The second kappa shape index (κ2) is 8.46. The molecular weight excluding hydrogens is 381 g/mol. The molecule has 29 heavy (non-hydrogen) atoms. The van der Waals surface area contributed by atoms with Gasteiger partial charge in [0, 0.05) is 12.6 Å². The minimum absolute atomic E-state index is 0.188. The van der Waals surface area contributed by atoms with Crippen molar-refractivity contribution in [1.82, 2.24) is 5.32 Å².